The lowest BCUT2D eigenvalue weighted by Crippen LogP contribution is -2.15. The van der Waals surface area contributed by atoms with Crippen molar-refractivity contribution in [2.75, 3.05) is 0 Å². The highest BCUT2D eigenvalue weighted by atomic mass is 14.2. The third-order valence-electron chi connectivity index (χ3n) is 2.01. The summed E-state index contributed by atoms with van der Waals surface area (Å²) in [7, 11) is 0. The molecule has 0 aliphatic carbocycles. The summed E-state index contributed by atoms with van der Waals surface area (Å²) < 4.78 is 0. The van der Waals surface area contributed by atoms with Gasteiger partial charge in [0.25, 0.3) is 0 Å². The summed E-state index contributed by atoms with van der Waals surface area (Å²) in [6.45, 7) is 10.9. The Morgan fingerprint density at radius 3 is 1.62 bits per heavy atom. The van der Waals surface area contributed by atoms with Crippen LogP contribution in [-0.2, 0) is 0 Å². The zero-order valence-corrected chi connectivity index (χ0v) is 6.58. The van der Waals surface area contributed by atoms with Gasteiger partial charge in [0, 0.05) is 0 Å². The third kappa shape index (κ3) is 1.85. The molecule has 0 aromatic carbocycles. The minimum absolute atomic E-state index is 0.333. The normalized spacial score (nSPS) is 12.8. The van der Waals surface area contributed by atoms with Gasteiger partial charge in [0.1, 0.15) is 0 Å². The van der Waals surface area contributed by atoms with E-state index in [-0.39, 0.29) is 0 Å². The van der Waals surface area contributed by atoms with E-state index in [4.69, 9.17) is 0 Å². The molecule has 48 valence electrons. The van der Waals surface area contributed by atoms with Crippen molar-refractivity contribution in [2.24, 2.45) is 5.41 Å². The molecule has 0 heterocycles. The van der Waals surface area contributed by atoms with Gasteiger partial charge in [0.05, 0.1) is 0 Å². The van der Waals surface area contributed by atoms with E-state index in [1.54, 1.807) is 0 Å². The summed E-state index contributed by atoms with van der Waals surface area (Å²) in [5, 5.41) is 0. The molecule has 2 radical (unpaired) electrons. The van der Waals surface area contributed by atoms with Crippen LogP contribution in [0.3, 0.4) is 0 Å². The molecule has 0 saturated carbocycles. The van der Waals surface area contributed by atoms with Gasteiger partial charge < -0.3 is 0 Å². The fourth-order valence-electron chi connectivity index (χ4n) is 0.289. The number of hydrogen-bond donors (Lipinski definition) is 0. The zero-order valence-electron chi connectivity index (χ0n) is 6.58. The van der Waals surface area contributed by atoms with Crippen molar-refractivity contribution < 1.29 is 0 Å². The quantitative estimate of drug-likeness (QED) is 0.515. The lowest BCUT2D eigenvalue weighted by Gasteiger charge is -2.26. The SMILES string of the molecule is C[CH]C(C)(C)[C](C)C. The van der Waals surface area contributed by atoms with Gasteiger partial charge in [-0.05, 0) is 17.8 Å². The first-order valence-corrected chi connectivity index (χ1v) is 3.12. The Morgan fingerprint density at radius 2 is 1.62 bits per heavy atom. The van der Waals surface area contributed by atoms with Crippen molar-refractivity contribution in [2.45, 2.75) is 34.6 Å². The molecule has 0 unspecified atom stereocenters. The van der Waals surface area contributed by atoms with Gasteiger partial charge in [-0.15, -0.1) is 0 Å². The van der Waals surface area contributed by atoms with Crippen molar-refractivity contribution in [3.05, 3.63) is 12.3 Å². The van der Waals surface area contributed by atoms with E-state index >= 15 is 0 Å². The molecule has 0 rings (SSSR count). The minimum Gasteiger partial charge on any atom is -0.0617 e. The van der Waals surface area contributed by atoms with E-state index in [1.807, 2.05) is 0 Å². The van der Waals surface area contributed by atoms with Crippen LogP contribution in [0.1, 0.15) is 34.6 Å². The van der Waals surface area contributed by atoms with Crippen LogP contribution in [0.15, 0.2) is 0 Å². The molecule has 0 atom stereocenters. The van der Waals surface area contributed by atoms with Gasteiger partial charge >= 0.3 is 0 Å². The van der Waals surface area contributed by atoms with Crippen molar-refractivity contribution in [1.82, 2.24) is 0 Å². The van der Waals surface area contributed by atoms with Crippen LogP contribution in [0.5, 0.6) is 0 Å². The Bertz CT molecular complexity index is 60.4. The van der Waals surface area contributed by atoms with Gasteiger partial charge in [-0.25, -0.2) is 0 Å². The molecule has 0 aliphatic rings. The number of rotatable bonds is 2. The summed E-state index contributed by atoms with van der Waals surface area (Å²) in [5.74, 6) is 1.47. The Kier molecular flexibility index (Phi) is 2.52. The van der Waals surface area contributed by atoms with Gasteiger partial charge in [-0.3, -0.25) is 0 Å². The van der Waals surface area contributed by atoms with E-state index in [0.29, 0.717) is 5.41 Å². The van der Waals surface area contributed by atoms with Gasteiger partial charge in [-0.2, -0.15) is 0 Å². The largest absolute Gasteiger partial charge is 0.0617 e. The van der Waals surface area contributed by atoms with Gasteiger partial charge in [0.2, 0.25) is 0 Å². The molecule has 0 saturated heterocycles. The fraction of sp³-hybridized carbons (Fsp3) is 0.750. The first kappa shape index (κ1) is 8.00. The summed E-state index contributed by atoms with van der Waals surface area (Å²) in [6.07, 6.45) is 2.22. The molecule has 0 N–H and O–H groups in total. The van der Waals surface area contributed by atoms with E-state index in [1.165, 1.54) is 5.92 Å². The monoisotopic (exact) mass is 112 g/mol. The molecule has 0 bridgehead atoms. The Balaban J connectivity index is 3.71. The van der Waals surface area contributed by atoms with E-state index < -0.39 is 0 Å². The van der Waals surface area contributed by atoms with E-state index in [2.05, 4.69) is 41.0 Å². The summed E-state index contributed by atoms with van der Waals surface area (Å²) in [6, 6.07) is 0. The molecular formula is C8H16. The first-order valence-electron chi connectivity index (χ1n) is 3.12. The topological polar surface area (TPSA) is 0 Å². The Hall–Kier alpha value is 0. The molecule has 0 fully saturated rings. The average Bonchev–Trinajstić information content (AvgIpc) is 1.67. The van der Waals surface area contributed by atoms with E-state index in [0.717, 1.165) is 0 Å². The maximum Gasteiger partial charge on any atom is -0.0244 e. The highest BCUT2D eigenvalue weighted by Crippen LogP contribution is 2.29. The predicted octanol–water partition coefficient (Wildman–Crippen LogP) is 2.85. The lowest BCUT2D eigenvalue weighted by atomic mass is 9.79. The second-order valence-electron chi connectivity index (χ2n) is 3.01. The second-order valence-corrected chi connectivity index (χ2v) is 3.01. The van der Waals surface area contributed by atoms with Gasteiger partial charge in [0.15, 0.2) is 0 Å². The molecule has 0 aliphatic heterocycles. The molecule has 8 heavy (non-hydrogen) atoms. The molecular weight excluding hydrogens is 96.1 g/mol. The maximum atomic E-state index is 2.22. The fourth-order valence-corrected chi connectivity index (χ4v) is 0.289. The number of hydrogen-bond acceptors (Lipinski definition) is 0. The summed E-state index contributed by atoms with van der Waals surface area (Å²) >= 11 is 0. The smallest absolute Gasteiger partial charge is 0.0244 e. The molecule has 0 aromatic rings. The Labute approximate surface area is 53.3 Å². The highest BCUT2D eigenvalue weighted by Gasteiger charge is 2.19. The standard InChI is InChI=1S/C8H16/c1-6-8(4,5)7(2)3/h6H,1-5H3. The highest BCUT2D eigenvalue weighted by molar-refractivity contribution is 5.01. The van der Waals surface area contributed by atoms with Crippen LogP contribution in [0, 0.1) is 17.8 Å². The third-order valence-corrected chi connectivity index (χ3v) is 2.01. The zero-order chi connectivity index (χ0) is 6.78. The second kappa shape index (κ2) is 2.52. The van der Waals surface area contributed by atoms with E-state index in [9.17, 15) is 0 Å². The average molecular weight is 112 g/mol. The van der Waals surface area contributed by atoms with Crippen LogP contribution >= 0.6 is 0 Å². The van der Waals surface area contributed by atoms with Crippen molar-refractivity contribution in [1.29, 1.82) is 0 Å². The molecule has 0 amide bonds. The molecule has 0 spiro atoms. The first-order chi connectivity index (χ1) is 3.50. The molecule has 0 aromatic heterocycles. The van der Waals surface area contributed by atoms with Crippen molar-refractivity contribution in [3.63, 3.8) is 0 Å². The van der Waals surface area contributed by atoms with Crippen LogP contribution in [0.25, 0.3) is 0 Å². The lowest BCUT2D eigenvalue weighted by molar-refractivity contribution is 0.463. The summed E-state index contributed by atoms with van der Waals surface area (Å²) in [5.41, 5.74) is 0.333. The van der Waals surface area contributed by atoms with Crippen LogP contribution in [0.4, 0.5) is 0 Å². The van der Waals surface area contributed by atoms with Crippen LogP contribution in [-0.4, -0.2) is 0 Å². The molecule has 0 heteroatoms. The van der Waals surface area contributed by atoms with Gasteiger partial charge in [-0.1, -0.05) is 34.6 Å². The predicted molar refractivity (Wildman–Crippen MR) is 38.3 cm³/mol. The molecule has 0 nitrogen and oxygen atoms in total. The van der Waals surface area contributed by atoms with Crippen LogP contribution < -0.4 is 0 Å². The minimum atomic E-state index is 0.333. The van der Waals surface area contributed by atoms with Crippen molar-refractivity contribution in [3.8, 4) is 0 Å². The summed E-state index contributed by atoms with van der Waals surface area (Å²) in [4.78, 5) is 0. The van der Waals surface area contributed by atoms with Crippen LogP contribution in [0.2, 0.25) is 0 Å². The Morgan fingerprint density at radius 1 is 1.25 bits per heavy atom. The van der Waals surface area contributed by atoms with Crippen molar-refractivity contribution >= 4 is 0 Å². The maximum absolute atomic E-state index is 2.22.